The third kappa shape index (κ3) is 6.51. The number of ether oxygens (including phenoxy) is 1. The summed E-state index contributed by atoms with van der Waals surface area (Å²) in [4.78, 5) is 57.7. The molecule has 1 unspecified atom stereocenters. The number of likely N-dealkylation sites (N-methyl/N-ethyl adjacent to an activating group) is 1. The van der Waals surface area contributed by atoms with Crippen molar-refractivity contribution in [3.05, 3.63) is 64.7 Å². The second-order valence-corrected chi connectivity index (χ2v) is 14.4. The van der Waals surface area contributed by atoms with Gasteiger partial charge >= 0.3 is 6.09 Å². The fourth-order valence-corrected chi connectivity index (χ4v) is 7.08. The second-order valence-electron chi connectivity index (χ2n) is 14.4. The molecule has 0 spiro atoms. The van der Waals surface area contributed by atoms with E-state index in [0.717, 1.165) is 36.0 Å². The number of aryl methyl sites for hydroxylation is 1. The summed E-state index contributed by atoms with van der Waals surface area (Å²) in [5.41, 5.74) is 2.57. The number of aromatic hydroxyl groups is 1. The van der Waals surface area contributed by atoms with Gasteiger partial charge in [0.2, 0.25) is 17.7 Å². The van der Waals surface area contributed by atoms with E-state index in [1.54, 1.807) is 50.8 Å². The summed E-state index contributed by atoms with van der Waals surface area (Å²) in [7, 11) is 1.48. The molecule has 10 heteroatoms. The molecule has 0 radical (unpaired) electrons. The zero-order valence-corrected chi connectivity index (χ0v) is 27.3. The van der Waals surface area contributed by atoms with Gasteiger partial charge in [0.25, 0.3) is 0 Å². The summed E-state index contributed by atoms with van der Waals surface area (Å²) in [6, 6.07) is 9.81. The molecule has 3 N–H and O–H groups in total. The van der Waals surface area contributed by atoms with E-state index in [0.29, 0.717) is 6.42 Å². The number of hydrogen-bond donors (Lipinski definition) is 3. The highest BCUT2D eigenvalue weighted by Crippen LogP contribution is 2.50. The maximum absolute atomic E-state index is 14.5. The van der Waals surface area contributed by atoms with Gasteiger partial charge in [0, 0.05) is 13.5 Å². The normalized spacial score (nSPS) is 24.3. The number of amides is 4. The fourth-order valence-electron chi connectivity index (χ4n) is 7.08. The van der Waals surface area contributed by atoms with Gasteiger partial charge in [-0.3, -0.25) is 19.3 Å². The van der Waals surface area contributed by atoms with Gasteiger partial charge in [-0.25, -0.2) is 4.79 Å². The average molecular weight is 619 g/mol. The van der Waals surface area contributed by atoms with E-state index >= 15 is 0 Å². The van der Waals surface area contributed by atoms with Gasteiger partial charge in [-0.15, -0.1) is 0 Å². The predicted octanol–water partition coefficient (Wildman–Crippen LogP) is 4.55. The molecular weight excluding hydrogens is 572 g/mol. The lowest BCUT2D eigenvalue weighted by Gasteiger charge is -2.36. The van der Waals surface area contributed by atoms with Gasteiger partial charge in [-0.1, -0.05) is 44.2 Å². The largest absolute Gasteiger partial charge is 0.508 e. The number of rotatable bonds is 5. The number of phenols is 1. The molecule has 1 aliphatic carbocycles. The van der Waals surface area contributed by atoms with Crippen LogP contribution in [0.5, 0.6) is 5.75 Å². The summed E-state index contributed by atoms with van der Waals surface area (Å²) in [6.45, 7) is 10.8. The van der Waals surface area contributed by atoms with Crippen LogP contribution in [0.15, 0.2) is 42.5 Å². The van der Waals surface area contributed by atoms with Crippen LogP contribution < -0.4 is 10.6 Å². The Labute approximate surface area is 265 Å². The highest BCUT2D eigenvalue weighted by Gasteiger charge is 2.55. The number of benzene rings is 2. The first kappa shape index (κ1) is 32.3. The van der Waals surface area contributed by atoms with Crippen LogP contribution in [0.4, 0.5) is 4.79 Å². The average Bonchev–Trinajstić information content (AvgIpc) is 3.21. The van der Waals surface area contributed by atoms with Gasteiger partial charge in [0.1, 0.15) is 29.5 Å². The van der Waals surface area contributed by atoms with E-state index in [9.17, 15) is 24.3 Å². The van der Waals surface area contributed by atoms with Crippen molar-refractivity contribution < 1.29 is 29.0 Å². The van der Waals surface area contributed by atoms with Crippen LogP contribution in [0, 0.1) is 5.41 Å². The number of carbonyl (C=O) groups excluding carboxylic acids is 4. The Hall–Kier alpha value is -4.08. The Kier molecular flexibility index (Phi) is 8.63. The van der Waals surface area contributed by atoms with Crippen molar-refractivity contribution in [1.82, 2.24) is 20.4 Å². The van der Waals surface area contributed by atoms with Crippen LogP contribution in [0.1, 0.15) is 95.1 Å². The third-order valence-electron chi connectivity index (χ3n) is 9.43. The molecule has 4 amide bonds. The molecule has 10 nitrogen and oxygen atoms in total. The van der Waals surface area contributed by atoms with E-state index < -0.39 is 47.2 Å². The van der Waals surface area contributed by atoms with Crippen molar-refractivity contribution in [3.63, 3.8) is 0 Å². The third-order valence-corrected chi connectivity index (χ3v) is 9.43. The van der Waals surface area contributed by atoms with Crippen LogP contribution in [0.3, 0.4) is 0 Å². The van der Waals surface area contributed by atoms with Crippen LogP contribution in [-0.4, -0.2) is 69.5 Å². The van der Waals surface area contributed by atoms with Crippen molar-refractivity contribution in [2.45, 2.75) is 109 Å². The molecule has 5 atom stereocenters. The Morgan fingerprint density at radius 1 is 1.04 bits per heavy atom. The molecule has 45 heavy (non-hydrogen) atoms. The van der Waals surface area contributed by atoms with Gasteiger partial charge < -0.3 is 25.4 Å². The summed E-state index contributed by atoms with van der Waals surface area (Å²) in [6.07, 6.45) is 2.77. The second kappa shape index (κ2) is 12.0. The Balaban J connectivity index is 1.45. The van der Waals surface area contributed by atoms with E-state index in [4.69, 9.17) is 4.74 Å². The number of nitrogens with one attached hydrogen (secondary N) is 2. The maximum Gasteiger partial charge on any atom is 0.410 e. The molecule has 5 rings (SSSR count). The minimum atomic E-state index is -0.986. The molecule has 0 saturated carbocycles. The number of fused-ring (bicyclic) bond motifs is 4. The summed E-state index contributed by atoms with van der Waals surface area (Å²) in [5, 5.41) is 16.6. The molecule has 242 valence electrons. The molecule has 1 fully saturated rings. The van der Waals surface area contributed by atoms with Crippen molar-refractivity contribution in [3.8, 4) is 5.75 Å². The van der Waals surface area contributed by atoms with Crippen molar-refractivity contribution in [2.24, 2.45) is 5.41 Å². The maximum atomic E-state index is 14.5. The molecule has 3 aliphatic rings. The van der Waals surface area contributed by atoms with Gasteiger partial charge in [0.15, 0.2) is 0 Å². The molecule has 0 aromatic heterocycles. The van der Waals surface area contributed by atoms with Crippen LogP contribution in [0.2, 0.25) is 0 Å². The van der Waals surface area contributed by atoms with Crippen molar-refractivity contribution >= 4 is 23.8 Å². The molecular formula is C35H46N4O6. The summed E-state index contributed by atoms with van der Waals surface area (Å²) >= 11 is 0. The monoisotopic (exact) mass is 618 g/mol. The Morgan fingerprint density at radius 3 is 2.47 bits per heavy atom. The molecule has 1 saturated heterocycles. The summed E-state index contributed by atoms with van der Waals surface area (Å²) in [5.74, 6) is -1.05. The zero-order chi connectivity index (χ0) is 32.8. The zero-order valence-electron chi connectivity index (χ0n) is 27.3. The van der Waals surface area contributed by atoms with E-state index in [-0.39, 0.29) is 30.0 Å². The Morgan fingerprint density at radius 2 is 1.76 bits per heavy atom. The quantitative estimate of drug-likeness (QED) is 0.451. The lowest BCUT2D eigenvalue weighted by molar-refractivity contribution is -0.145. The Bertz CT molecular complexity index is 1500. The van der Waals surface area contributed by atoms with Crippen molar-refractivity contribution in [1.29, 1.82) is 0 Å². The van der Waals surface area contributed by atoms with Gasteiger partial charge in [-0.05, 0) is 93.2 Å². The van der Waals surface area contributed by atoms with Crippen LogP contribution in [0.25, 0.3) is 0 Å². The standard InChI is InChI=1S/C35H46N4O6/c1-20(38(7)33(44)45-34(2,3)4)30(41)37-27-17-22-15-16-23(40)18-25(22)28-19-35(5,6)29(39(28)32(27)43)31(42)36-26-14-10-12-21-11-8-9-13-24(21)26/h8-9,11,13,15-16,18,20,26-29,40H,10,12,14,17,19H2,1-7H3,(H,36,42)(H,37,41)/t20-,26+,27-,28+,29?/m0/s1. The molecule has 2 aliphatic heterocycles. The van der Waals surface area contributed by atoms with Crippen molar-refractivity contribution in [2.75, 3.05) is 7.05 Å². The SMILES string of the molecule is C[C@@H](C(=O)N[C@H]1Cc2ccc(O)cc2[C@H]2CC(C)(C)C(C(=O)N[C@@H]3CCCc4ccccc43)N2C1=O)N(C)C(=O)OC(C)(C)C. The highest BCUT2D eigenvalue weighted by atomic mass is 16.6. The predicted molar refractivity (Wildman–Crippen MR) is 169 cm³/mol. The number of nitrogens with zero attached hydrogens (tertiary/aromatic N) is 2. The van der Waals surface area contributed by atoms with E-state index in [1.807, 2.05) is 26.0 Å². The number of carbonyl (C=O) groups is 4. The smallest absolute Gasteiger partial charge is 0.410 e. The van der Waals surface area contributed by atoms with Gasteiger partial charge in [0.05, 0.1) is 12.1 Å². The van der Waals surface area contributed by atoms with Crippen LogP contribution in [-0.2, 0) is 32.0 Å². The topological polar surface area (TPSA) is 128 Å². The molecule has 0 bridgehead atoms. The summed E-state index contributed by atoms with van der Waals surface area (Å²) < 4.78 is 5.43. The first-order valence-electron chi connectivity index (χ1n) is 15.9. The first-order valence-corrected chi connectivity index (χ1v) is 15.9. The molecule has 2 heterocycles. The van der Waals surface area contributed by atoms with E-state index in [2.05, 4.69) is 22.8 Å². The minimum absolute atomic E-state index is 0.0702. The lowest BCUT2D eigenvalue weighted by Crippen LogP contribution is -2.58. The van der Waals surface area contributed by atoms with Gasteiger partial charge in [-0.2, -0.15) is 0 Å². The highest BCUT2D eigenvalue weighted by molar-refractivity contribution is 5.95. The van der Waals surface area contributed by atoms with Crippen LogP contribution >= 0.6 is 0 Å². The fraction of sp³-hybridized carbons (Fsp3) is 0.543. The minimum Gasteiger partial charge on any atom is -0.508 e. The molecule has 2 aromatic carbocycles. The lowest BCUT2D eigenvalue weighted by atomic mass is 9.81. The molecule has 2 aromatic rings. The van der Waals surface area contributed by atoms with E-state index in [1.165, 1.54) is 17.5 Å². The number of hydrogen-bond acceptors (Lipinski definition) is 6. The number of phenolic OH excluding ortho intramolecular Hbond substituents is 1. The first-order chi connectivity index (χ1) is 21.1.